The number of fused-ring (bicyclic) bond motifs is 1. The predicted molar refractivity (Wildman–Crippen MR) is 80.6 cm³/mol. The molecule has 2 saturated heterocycles. The van der Waals surface area contributed by atoms with Crippen LogP contribution in [0.1, 0.15) is 13.8 Å². The SMILES string of the molecule is CC1(C)OC2CS[C@@H](C(=O)CNc3nccnc3Cl)[C@H]2O1. The lowest BCUT2D eigenvalue weighted by Crippen LogP contribution is -2.36. The van der Waals surface area contributed by atoms with Gasteiger partial charge in [-0.25, -0.2) is 9.97 Å². The number of carbonyl (C=O) groups excluding carboxylic acids is 1. The molecule has 1 unspecified atom stereocenters. The molecule has 0 aromatic carbocycles. The number of hydrogen-bond acceptors (Lipinski definition) is 7. The number of nitrogens with zero attached hydrogens (tertiary/aromatic N) is 2. The van der Waals surface area contributed by atoms with E-state index in [2.05, 4.69) is 15.3 Å². The molecule has 21 heavy (non-hydrogen) atoms. The first-order valence-corrected chi connectivity index (χ1v) is 8.09. The summed E-state index contributed by atoms with van der Waals surface area (Å²) in [6, 6.07) is 0. The van der Waals surface area contributed by atoms with E-state index in [-0.39, 0.29) is 34.9 Å². The molecular weight excluding hydrogens is 314 g/mol. The lowest BCUT2D eigenvalue weighted by atomic mass is 10.1. The van der Waals surface area contributed by atoms with Crippen LogP contribution in [-0.4, -0.2) is 51.3 Å². The van der Waals surface area contributed by atoms with Gasteiger partial charge in [0.2, 0.25) is 0 Å². The summed E-state index contributed by atoms with van der Waals surface area (Å²) in [6.45, 7) is 3.88. The Kier molecular flexibility index (Phi) is 4.09. The molecule has 3 heterocycles. The molecule has 0 amide bonds. The Morgan fingerprint density at radius 2 is 2.24 bits per heavy atom. The van der Waals surface area contributed by atoms with Crippen molar-refractivity contribution in [1.82, 2.24) is 9.97 Å². The number of anilines is 1. The molecule has 0 saturated carbocycles. The average Bonchev–Trinajstić information content (AvgIpc) is 2.92. The Morgan fingerprint density at radius 1 is 1.48 bits per heavy atom. The molecule has 0 radical (unpaired) electrons. The van der Waals surface area contributed by atoms with Gasteiger partial charge in [0.1, 0.15) is 6.10 Å². The minimum Gasteiger partial charge on any atom is -0.360 e. The molecule has 1 aromatic rings. The van der Waals surface area contributed by atoms with Gasteiger partial charge in [-0.05, 0) is 13.8 Å². The Bertz CT molecular complexity index is 557. The minimum absolute atomic E-state index is 0.0148. The van der Waals surface area contributed by atoms with Crippen LogP contribution in [0.15, 0.2) is 12.4 Å². The topological polar surface area (TPSA) is 73.3 Å². The lowest BCUT2D eigenvalue weighted by molar-refractivity contribution is -0.147. The van der Waals surface area contributed by atoms with Gasteiger partial charge in [-0.15, -0.1) is 11.8 Å². The molecule has 0 aliphatic carbocycles. The van der Waals surface area contributed by atoms with Crippen molar-refractivity contribution >= 4 is 35.0 Å². The predicted octanol–water partition coefficient (Wildman–Crippen LogP) is 1.75. The van der Waals surface area contributed by atoms with Crippen LogP contribution in [-0.2, 0) is 14.3 Å². The molecule has 6 nitrogen and oxygen atoms in total. The summed E-state index contributed by atoms with van der Waals surface area (Å²) in [6.07, 6.45) is 2.82. The number of Topliss-reactive ketones (excluding diaryl/α,β-unsaturated/α-hetero) is 1. The Hall–Kier alpha value is -0.890. The molecule has 3 rings (SSSR count). The van der Waals surface area contributed by atoms with Crippen molar-refractivity contribution < 1.29 is 14.3 Å². The zero-order chi connectivity index (χ0) is 15.0. The van der Waals surface area contributed by atoms with Crippen molar-refractivity contribution in [2.24, 2.45) is 0 Å². The summed E-state index contributed by atoms with van der Waals surface area (Å²) in [5, 5.41) is 2.96. The quantitative estimate of drug-likeness (QED) is 0.902. The molecule has 1 N–H and O–H groups in total. The summed E-state index contributed by atoms with van der Waals surface area (Å²) in [4.78, 5) is 20.3. The summed E-state index contributed by atoms with van der Waals surface area (Å²) in [5.41, 5.74) is 0. The number of hydrogen-bond donors (Lipinski definition) is 1. The van der Waals surface area contributed by atoms with Gasteiger partial charge in [0.15, 0.2) is 22.5 Å². The highest BCUT2D eigenvalue weighted by atomic mass is 35.5. The molecule has 2 aliphatic rings. The fraction of sp³-hybridized carbons (Fsp3) is 0.615. The van der Waals surface area contributed by atoms with Gasteiger partial charge in [0.25, 0.3) is 0 Å². The van der Waals surface area contributed by atoms with Crippen molar-refractivity contribution in [2.75, 3.05) is 17.6 Å². The van der Waals surface area contributed by atoms with E-state index in [1.807, 2.05) is 13.8 Å². The zero-order valence-corrected chi connectivity index (χ0v) is 13.3. The molecule has 114 valence electrons. The number of ether oxygens (including phenoxy) is 2. The summed E-state index contributed by atoms with van der Waals surface area (Å²) < 4.78 is 11.6. The molecule has 0 spiro atoms. The van der Waals surface area contributed by atoms with Gasteiger partial charge in [0, 0.05) is 18.1 Å². The van der Waals surface area contributed by atoms with Crippen molar-refractivity contribution in [1.29, 1.82) is 0 Å². The van der Waals surface area contributed by atoms with E-state index < -0.39 is 5.79 Å². The van der Waals surface area contributed by atoms with Crippen LogP contribution < -0.4 is 5.32 Å². The van der Waals surface area contributed by atoms with E-state index in [0.29, 0.717) is 5.82 Å². The first kappa shape index (κ1) is 15.0. The maximum absolute atomic E-state index is 12.4. The summed E-state index contributed by atoms with van der Waals surface area (Å²) in [5.74, 6) is 0.624. The van der Waals surface area contributed by atoms with E-state index in [4.69, 9.17) is 21.1 Å². The second-order valence-electron chi connectivity index (χ2n) is 5.41. The number of aromatic nitrogens is 2. The lowest BCUT2D eigenvalue weighted by Gasteiger charge is -2.21. The third-order valence-electron chi connectivity index (χ3n) is 3.36. The fourth-order valence-corrected chi connectivity index (χ4v) is 4.05. The van der Waals surface area contributed by atoms with Crippen molar-refractivity contribution in [2.45, 2.75) is 37.1 Å². The number of halogens is 1. The standard InChI is InChI=1S/C13H16ClN3O3S/c1-13(2)19-8-6-21-10(9(8)20-13)7(18)5-17-12-11(14)15-3-4-16-12/h3-4,8-10H,5-6H2,1-2H3,(H,16,17)/t8?,9-,10-/m0/s1. The van der Waals surface area contributed by atoms with Gasteiger partial charge < -0.3 is 14.8 Å². The third-order valence-corrected chi connectivity index (χ3v) is 5.05. The van der Waals surface area contributed by atoms with Gasteiger partial charge in [0.05, 0.1) is 17.9 Å². The van der Waals surface area contributed by atoms with Crippen LogP contribution in [0.4, 0.5) is 5.82 Å². The van der Waals surface area contributed by atoms with Crippen LogP contribution in [0.3, 0.4) is 0 Å². The number of ketones is 1. The Labute approximate surface area is 132 Å². The second kappa shape index (κ2) is 5.72. The number of carbonyl (C=O) groups is 1. The van der Waals surface area contributed by atoms with Gasteiger partial charge in [-0.1, -0.05) is 11.6 Å². The van der Waals surface area contributed by atoms with Gasteiger partial charge in [-0.3, -0.25) is 4.79 Å². The van der Waals surface area contributed by atoms with Gasteiger partial charge >= 0.3 is 0 Å². The normalized spacial score (nSPS) is 30.1. The number of rotatable bonds is 4. The van der Waals surface area contributed by atoms with E-state index in [0.717, 1.165) is 5.75 Å². The minimum atomic E-state index is -0.615. The largest absolute Gasteiger partial charge is 0.360 e. The van der Waals surface area contributed by atoms with Crippen LogP contribution in [0.2, 0.25) is 5.15 Å². The Balaban J connectivity index is 1.60. The third kappa shape index (κ3) is 3.15. The number of thioether (sulfide) groups is 1. The molecule has 1 aromatic heterocycles. The van der Waals surface area contributed by atoms with Crippen LogP contribution in [0, 0.1) is 0 Å². The molecule has 8 heteroatoms. The fourth-order valence-electron chi connectivity index (χ4n) is 2.53. The molecule has 3 atom stereocenters. The van der Waals surface area contributed by atoms with Crippen LogP contribution >= 0.6 is 23.4 Å². The van der Waals surface area contributed by atoms with E-state index in [1.165, 1.54) is 12.4 Å². The smallest absolute Gasteiger partial charge is 0.171 e. The molecular formula is C13H16ClN3O3S. The monoisotopic (exact) mass is 329 g/mol. The highest BCUT2D eigenvalue weighted by Gasteiger charge is 2.51. The second-order valence-corrected chi connectivity index (χ2v) is 6.94. The zero-order valence-electron chi connectivity index (χ0n) is 11.7. The van der Waals surface area contributed by atoms with E-state index >= 15 is 0 Å². The number of nitrogens with one attached hydrogen (secondary N) is 1. The highest BCUT2D eigenvalue weighted by Crippen LogP contribution is 2.41. The van der Waals surface area contributed by atoms with Gasteiger partial charge in [-0.2, -0.15) is 0 Å². The van der Waals surface area contributed by atoms with Crippen molar-refractivity contribution in [3.8, 4) is 0 Å². The van der Waals surface area contributed by atoms with E-state index in [1.54, 1.807) is 11.8 Å². The molecule has 0 bridgehead atoms. The first-order chi connectivity index (χ1) is 9.96. The van der Waals surface area contributed by atoms with Crippen LogP contribution in [0.5, 0.6) is 0 Å². The Morgan fingerprint density at radius 3 is 3.00 bits per heavy atom. The average molecular weight is 330 g/mol. The van der Waals surface area contributed by atoms with E-state index in [9.17, 15) is 4.79 Å². The van der Waals surface area contributed by atoms with Crippen molar-refractivity contribution in [3.05, 3.63) is 17.5 Å². The highest BCUT2D eigenvalue weighted by molar-refractivity contribution is 8.01. The van der Waals surface area contributed by atoms with Crippen LogP contribution in [0.25, 0.3) is 0 Å². The first-order valence-electron chi connectivity index (χ1n) is 6.66. The molecule has 2 aliphatic heterocycles. The molecule has 2 fully saturated rings. The maximum atomic E-state index is 12.4. The summed E-state index contributed by atoms with van der Waals surface area (Å²) >= 11 is 7.47. The summed E-state index contributed by atoms with van der Waals surface area (Å²) in [7, 11) is 0. The van der Waals surface area contributed by atoms with Crippen molar-refractivity contribution in [3.63, 3.8) is 0 Å². The maximum Gasteiger partial charge on any atom is 0.171 e.